The van der Waals surface area contributed by atoms with Crippen LogP contribution in [0.2, 0.25) is 0 Å². The monoisotopic (exact) mass is 233 g/mol. The van der Waals surface area contributed by atoms with Gasteiger partial charge in [0.15, 0.2) is 17.2 Å². The van der Waals surface area contributed by atoms with E-state index in [4.69, 9.17) is 14.2 Å². The molecule has 4 nitrogen and oxygen atoms in total. The molecule has 0 spiro atoms. The van der Waals surface area contributed by atoms with Gasteiger partial charge in [-0.15, -0.1) is 0 Å². The van der Waals surface area contributed by atoms with Gasteiger partial charge in [-0.2, -0.15) is 0 Å². The zero-order valence-corrected chi connectivity index (χ0v) is 9.94. The topological polar surface area (TPSA) is 47.6 Å². The van der Waals surface area contributed by atoms with Gasteiger partial charge in [-0.05, 0) is 23.6 Å². The van der Waals surface area contributed by atoms with E-state index >= 15 is 0 Å². The molecule has 0 heterocycles. The predicted molar refractivity (Wildman–Crippen MR) is 63.7 cm³/mol. The molecule has 2 aromatic carbocycles. The van der Waals surface area contributed by atoms with E-state index in [9.17, 15) is 5.11 Å². The Hall–Kier alpha value is -2.10. The zero-order valence-electron chi connectivity index (χ0n) is 9.94. The van der Waals surface area contributed by atoms with Crippen LogP contribution in [0.4, 0.5) is 0 Å². The number of hydrogen-bond acceptors (Lipinski definition) is 3. The van der Waals surface area contributed by atoms with Crippen molar-refractivity contribution in [1.29, 1.82) is 0 Å². The summed E-state index contributed by atoms with van der Waals surface area (Å²) in [5.41, 5.74) is 0. The summed E-state index contributed by atoms with van der Waals surface area (Å²) in [6, 6.07) is 6.55. The Bertz CT molecular complexity index is 549. The molecule has 0 saturated heterocycles. The summed E-state index contributed by atoms with van der Waals surface area (Å²) < 4.78 is 15.6. The van der Waals surface area contributed by atoms with Gasteiger partial charge < -0.3 is 14.2 Å². The zero-order chi connectivity index (χ0) is 12.4. The third-order valence-electron chi connectivity index (χ3n) is 2.61. The van der Waals surface area contributed by atoms with Gasteiger partial charge in [-0.1, -0.05) is 0 Å². The molecule has 1 radical (unpaired) electrons. The third-order valence-corrected chi connectivity index (χ3v) is 2.61. The molecule has 17 heavy (non-hydrogen) atoms. The van der Waals surface area contributed by atoms with E-state index in [1.54, 1.807) is 32.4 Å². The van der Waals surface area contributed by atoms with Gasteiger partial charge in [0.25, 0.3) is 0 Å². The molecule has 0 N–H and O–H groups in total. The molecule has 2 rings (SSSR count). The van der Waals surface area contributed by atoms with Gasteiger partial charge in [0.1, 0.15) is 5.75 Å². The van der Waals surface area contributed by atoms with Crippen LogP contribution in [0.25, 0.3) is 10.8 Å². The van der Waals surface area contributed by atoms with E-state index in [0.29, 0.717) is 17.2 Å². The van der Waals surface area contributed by atoms with Crippen LogP contribution in [-0.4, -0.2) is 21.3 Å². The maximum absolute atomic E-state index is 11.5. The van der Waals surface area contributed by atoms with Crippen molar-refractivity contribution in [3.63, 3.8) is 0 Å². The van der Waals surface area contributed by atoms with Gasteiger partial charge in [0.2, 0.25) is 0 Å². The van der Waals surface area contributed by atoms with E-state index in [1.807, 2.05) is 0 Å². The fourth-order valence-corrected chi connectivity index (χ4v) is 1.80. The summed E-state index contributed by atoms with van der Waals surface area (Å²) in [5, 5.41) is 13.1. The molecule has 0 fully saturated rings. The fourth-order valence-electron chi connectivity index (χ4n) is 1.80. The van der Waals surface area contributed by atoms with Gasteiger partial charge in [-0.25, -0.2) is 0 Å². The first-order valence-corrected chi connectivity index (χ1v) is 5.10. The Morgan fingerprint density at radius 1 is 0.765 bits per heavy atom. The molecule has 0 aliphatic heterocycles. The SMILES string of the molecule is COc1cc2cc([O])cc(OC)c2cc1OC. The molecular formula is C13H13O4. The predicted octanol–water partition coefficient (Wildman–Crippen LogP) is 3.01. The fraction of sp³-hybridized carbons (Fsp3) is 0.231. The van der Waals surface area contributed by atoms with Crippen molar-refractivity contribution in [3.05, 3.63) is 24.3 Å². The van der Waals surface area contributed by atoms with E-state index in [0.717, 1.165) is 10.8 Å². The van der Waals surface area contributed by atoms with Crippen molar-refractivity contribution in [2.75, 3.05) is 21.3 Å². The summed E-state index contributed by atoms with van der Waals surface area (Å²) >= 11 is 0. The van der Waals surface area contributed by atoms with Crippen LogP contribution < -0.4 is 14.2 Å². The summed E-state index contributed by atoms with van der Waals surface area (Å²) in [4.78, 5) is 0. The lowest BCUT2D eigenvalue weighted by molar-refractivity contribution is 0.349. The van der Waals surface area contributed by atoms with E-state index < -0.39 is 0 Å². The quantitative estimate of drug-likeness (QED) is 0.818. The Kier molecular flexibility index (Phi) is 2.95. The third kappa shape index (κ3) is 1.93. The number of ether oxygens (including phenoxy) is 3. The molecule has 4 heteroatoms. The standard InChI is InChI=1S/C13H13O4/c1-15-11-6-9(14)4-8-5-12(16-2)13(17-3)7-10(8)11/h4-7H,1-3H3. The minimum absolute atomic E-state index is 0.0958. The van der Waals surface area contributed by atoms with Gasteiger partial charge in [0.05, 0.1) is 21.3 Å². The highest BCUT2D eigenvalue weighted by Crippen LogP contribution is 2.38. The second-order valence-corrected chi connectivity index (χ2v) is 3.55. The lowest BCUT2D eigenvalue weighted by Gasteiger charge is -2.11. The minimum Gasteiger partial charge on any atom is -0.496 e. The van der Waals surface area contributed by atoms with Crippen LogP contribution >= 0.6 is 0 Å². The Balaban J connectivity index is 2.77. The Morgan fingerprint density at radius 3 is 1.94 bits per heavy atom. The molecule has 0 aromatic heterocycles. The first-order valence-electron chi connectivity index (χ1n) is 5.10. The average Bonchev–Trinajstić information content (AvgIpc) is 2.35. The van der Waals surface area contributed by atoms with Crippen LogP contribution in [0.1, 0.15) is 0 Å². The highest BCUT2D eigenvalue weighted by atomic mass is 16.5. The smallest absolute Gasteiger partial charge is 0.182 e. The average molecular weight is 233 g/mol. The van der Waals surface area contributed by atoms with Crippen LogP contribution in [-0.2, 0) is 5.11 Å². The largest absolute Gasteiger partial charge is 0.496 e. The summed E-state index contributed by atoms with van der Waals surface area (Å²) in [6.07, 6.45) is 0. The number of fused-ring (bicyclic) bond motifs is 1. The van der Waals surface area contributed by atoms with Crippen molar-refractivity contribution in [2.24, 2.45) is 0 Å². The van der Waals surface area contributed by atoms with Gasteiger partial charge >= 0.3 is 0 Å². The van der Waals surface area contributed by atoms with Crippen molar-refractivity contribution in [2.45, 2.75) is 0 Å². The first kappa shape index (κ1) is 11.4. The lowest BCUT2D eigenvalue weighted by atomic mass is 10.1. The van der Waals surface area contributed by atoms with Crippen molar-refractivity contribution < 1.29 is 19.3 Å². The summed E-state index contributed by atoms with van der Waals surface area (Å²) in [6.45, 7) is 0. The van der Waals surface area contributed by atoms with Crippen LogP contribution in [0.15, 0.2) is 24.3 Å². The lowest BCUT2D eigenvalue weighted by Crippen LogP contribution is -1.92. The molecule has 0 aliphatic rings. The number of methoxy groups -OCH3 is 3. The highest BCUT2D eigenvalue weighted by molar-refractivity contribution is 5.92. The van der Waals surface area contributed by atoms with Crippen LogP contribution in [0, 0.1) is 0 Å². The highest BCUT2D eigenvalue weighted by Gasteiger charge is 2.11. The van der Waals surface area contributed by atoms with Crippen molar-refractivity contribution >= 4 is 10.8 Å². The number of hydrogen-bond donors (Lipinski definition) is 0. The summed E-state index contributed by atoms with van der Waals surface area (Å²) in [5.74, 6) is 1.64. The second kappa shape index (κ2) is 4.41. The molecule has 0 atom stereocenters. The number of rotatable bonds is 3. The molecule has 89 valence electrons. The second-order valence-electron chi connectivity index (χ2n) is 3.55. The Labute approximate surface area is 99.3 Å². The molecule has 0 saturated carbocycles. The van der Waals surface area contributed by atoms with E-state index in [2.05, 4.69) is 0 Å². The number of benzene rings is 2. The normalized spacial score (nSPS) is 10.3. The summed E-state index contributed by atoms with van der Waals surface area (Å²) in [7, 11) is 4.66. The maximum Gasteiger partial charge on any atom is 0.182 e. The minimum atomic E-state index is -0.0958. The molecular weight excluding hydrogens is 220 g/mol. The molecule has 2 aromatic rings. The molecule has 0 unspecified atom stereocenters. The maximum atomic E-state index is 11.5. The molecule has 0 amide bonds. The Morgan fingerprint density at radius 2 is 1.35 bits per heavy atom. The molecule has 0 aliphatic carbocycles. The van der Waals surface area contributed by atoms with Crippen molar-refractivity contribution in [1.82, 2.24) is 0 Å². The van der Waals surface area contributed by atoms with Gasteiger partial charge in [-0.3, -0.25) is 5.11 Å². The van der Waals surface area contributed by atoms with Crippen LogP contribution in [0.5, 0.6) is 23.0 Å². The van der Waals surface area contributed by atoms with E-state index in [1.165, 1.54) is 13.2 Å². The van der Waals surface area contributed by atoms with Crippen LogP contribution in [0.3, 0.4) is 0 Å². The first-order chi connectivity index (χ1) is 8.19. The molecule has 0 bridgehead atoms. The van der Waals surface area contributed by atoms with Crippen molar-refractivity contribution in [3.8, 4) is 23.0 Å². The van der Waals surface area contributed by atoms with E-state index in [-0.39, 0.29) is 5.75 Å². The van der Waals surface area contributed by atoms with Gasteiger partial charge in [0, 0.05) is 11.5 Å².